The molecule has 3 amide bonds. The fourth-order valence-electron chi connectivity index (χ4n) is 3.28. The zero-order valence-electron chi connectivity index (χ0n) is 18.6. The van der Waals surface area contributed by atoms with Gasteiger partial charge in [-0.3, -0.25) is 19.2 Å². The summed E-state index contributed by atoms with van der Waals surface area (Å²) in [4.78, 5) is 49.7. The van der Waals surface area contributed by atoms with Crippen LogP contribution in [0.4, 0.5) is 11.4 Å². The van der Waals surface area contributed by atoms with Crippen molar-refractivity contribution in [2.75, 3.05) is 10.6 Å². The molecule has 0 saturated carbocycles. The SMILES string of the molecule is Cc1cccc(NC(=O)c2ccccc2NC(=O)C(=O)N/N=C/c2coc3ccccc3c2=O)c1. The molecule has 0 radical (unpaired) electrons. The van der Waals surface area contributed by atoms with E-state index in [0.717, 1.165) is 11.8 Å². The fraction of sp³-hybridized carbons (Fsp3) is 0.0385. The van der Waals surface area contributed by atoms with Crippen molar-refractivity contribution in [3.05, 3.63) is 106 Å². The van der Waals surface area contributed by atoms with Gasteiger partial charge in [0.2, 0.25) is 5.43 Å². The summed E-state index contributed by atoms with van der Waals surface area (Å²) in [5, 5.41) is 9.20. The number of hydrazone groups is 1. The van der Waals surface area contributed by atoms with E-state index in [1.165, 1.54) is 18.4 Å². The largest absolute Gasteiger partial charge is 0.463 e. The van der Waals surface area contributed by atoms with Gasteiger partial charge in [0.15, 0.2) is 0 Å². The first-order valence-corrected chi connectivity index (χ1v) is 10.5. The molecule has 9 heteroatoms. The second-order valence-corrected chi connectivity index (χ2v) is 7.54. The molecule has 0 aliphatic heterocycles. The zero-order chi connectivity index (χ0) is 24.8. The lowest BCUT2D eigenvalue weighted by atomic mass is 10.1. The van der Waals surface area contributed by atoms with Crippen molar-refractivity contribution >= 4 is 46.3 Å². The summed E-state index contributed by atoms with van der Waals surface area (Å²) in [6.07, 6.45) is 2.30. The second kappa shape index (κ2) is 10.3. The lowest BCUT2D eigenvalue weighted by molar-refractivity contribution is -0.136. The Labute approximate surface area is 199 Å². The third-order valence-corrected chi connectivity index (χ3v) is 4.98. The van der Waals surface area contributed by atoms with E-state index in [-0.39, 0.29) is 22.2 Å². The molecule has 0 spiro atoms. The van der Waals surface area contributed by atoms with Gasteiger partial charge < -0.3 is 15.1 Å². The van der Waals surface area contributed by atoms with Crippen LogP contribution in [0, 0.1) is 6.92 Å². The van der Waals surface area contributed by atoms with E-state index in [9.17, 15) is 19.2 Å². The highest BCUT2D eigenvalue weighted by Gasteiger charge is 2.18. The molecule has 4 rings (SSSR count). The number of nitrogens with one attached hydrogen (secondary N) is 3. The van der Waals surface area contributed by atoms with Crippen molar-refractivity contribution in [1.82, 2.24) is 5.43 Å². The molecule has 0 atom stereocenters. The summed E-state index contributed by atoms with van der Waals surface area (Å²) in [7, 11) is 0. The van der Waals surface area contributed by atoms with Gasteiger partial charge in [-0.15, -0.1) is 0 Å². The van der Waals surface area contributed by atoms with Crippen LogP contribution in [0.3, 0.4) is 0 Å². The maximum absolute atomic E-state index is 12.7. The van der Waals surface area contributed by atoms with Crippen molar-refractivity contribution < 1.29 is 18.8 Å². The van der Waals surface area contributed by atoms with Crippen LogP contribution in [-0.2, 0) is 9.59 Å². The van der Waals surface area contributed by atoms with Crippen molar-refractivity contribution in [3.63, 3.8) is 0 Å². The summed E-state index contributed by atoms with van der Waals surface area (Å²) < 4.78 is 5.37. The van der Waals surface area contributed by atoms with Crippen LogP contribution in [0.15, 0.2) is 93.4 Å². The van der Waals surface area contributed by atoms with Gasteiger partial charge >= 0.3 is 11.8 Å². The van der Waals surface area contributed by atoms with Crippen LogP contribution in [0.25, 0.3) is 11.0 Å². The Kier molecular flexibility index (Phi) is 6.78. The maximum atomic E-state index is 12.7. The Bertz CT molecular complexity index is 1520. The molecule has 0 aliphatic rings. The molecule has 35 heavy (non-hydrogen) atoms. The zero-order valence-corrected chi connectivity index (χ0v) is 18.6. The van der Waals surface area contributed by atoms with Gasteiger partial charge in [0.25, 0.3) is 5.91 Å². The minimum atomic E-state index is -1.08. The molecular formula is C26H20N4O5. The molecule has 4 aromatic rings. The number of para-hydroxylation sites is 2. The molecule has 0 saturated heterocycles. The molecule has 0 aliphatic carbocycles. The summed E-state index contributed by atoms with van der Waals surface area (Å²) in [6, 6.07) is 20.2. The van der Waals surface area contributed by atoms with Crippen LogP contribution in [-0.4, -0.2) is 23.9 Å². The molecule has 3 aromatic carbocycles. The summed E-state index contributed by atoms with van der Waals surface area (Å²) >= 11 is 0. The highest BCUT2D eigenvalue weighted by molar-refractivity contribution is 6.40. The first kappa shape index (κ1) is 23.1. The standard InChI is InChI=1S/C26H20N4O5/c1-16-7-6-8-18(13-16)28-24(32)19-9-2-4-11-21(19)29-25(33)26(34)30-27-14-17-15-35-22-12-5-3-10-20(22)23(17)31/h2-15H,1H3,(H,28,32)(H,29,33)(H,30,34)/b27-14+. The lowest BCUT2D eigenvalue weighted by Crippen LogP contribution is -2.33. The topological polar surface area (TPSA) is 130 Å². The van der Waals surface area contributed by atoms with Crippen LogP contribution in [0.5, 0.6) is 0 Å². The first-order valence-electron chi connectivity index (χ1n) is 10.5. The van der Waals surface area contributed by atoms with E-state index in [1.807, 2.05) is 19.1 Å². The Morgan fingerprint density at radius 3 is 2.49 bits per heavy atom. The molecule has 174 valence electrons. The van der Waals surface area contributed by atoms with Crippen molar-refractivity contribution in [1.29, 1.82) is 0 Å². The second-order valence-electron chi connectivity index (χ2n) is 7.54. The van der Waals surface area contributed by atoms with Gasteiger partial charge in [0.1, 0.15) is 11.8 Å². The third kappa shape index (κ3) is 5.48. The van der Waals surface area contributed by atoms with E-state index in [0.29, 0.717) is 16.7 Å². The number of carbonyl (C=O) groups is 3. The quantitative estimate of drug-likeness (QED) is 0.235. The fourth-order valence-corrected chi connectivity index (χ4v) is 3.28. The average Bonchev–Trinajstić information content (AvgIpc) is 2.85. The van der Waals surface area contributed by atoms with Crippen molar-refractivity contribution in [2.45, 2.75) is 6.92 Å². The van der Waals surface area contributed by atoms with Crippen LogP contribution >= 0.6 is 0 Å². The number of amides is 3. The van der Waals surface area contributed by atoms with E-state index in [4.69, 9.17) is 4.42 Å². The van der Waals surface area contributed by atoms with Gasteiger partial charge in [-0.2, -0.15) is 5.10 Å². The summed E-state index contributed by atoms with van der Waals surface area (Å²) in [6.45, 7) is 1.90. The highest BCUT2D eigenvalue weighted by atomic mass is 16.3. The van der Waals surface area contributed by atoms with Crippen molar-refractivity contribution in [2.24, 2.45) is 5.10 Å². The number of aryl methyl sites for hydroxylation is 1. The number of hydrogen-bond donors (Lipinski definition) is 3. The molecule has 0 fully saturated rings. The summed E-state index contributed by atoms with van der Waals surface area (Å²) in [5.74, 6) is -2.57. The van der Waals surface area contributed by atoms with E-state index in [1.54, 1.807) is 48.5 Å². The molecule has 0 bridgehead atoms. The average molecular weight is 468 g/mol. The molecule has 1 aromatic heterocycles. The van der Waals surface area contributed by atoms with Gasteiger partial charge in [0.05, 0.1) is 28.4 Å². The van der Waals surface area contributed by atoms with Crippen molar-refractivity contribution in [3.8, 4) is 0 Å². The number of anilines is 2. The molecular weight excluding hydrogens is 448 g/mol. The highest BCUT2D eigenvalue weighted by Crippen LogP contribution is 2.18. The Balaban J connectivity index is 1.42. The van der Waals surface area contributed by atoms with Crippen LogP contribution in [0.1, 0.15) is 21.5 Å². The maximum Gasteiger partial charge on any atom is 0.329 e. The normalized spacial score (nSPS) is 10.8. The summed E-state index contributed by atoms with van der Waals surface area (Å²) in [5.41, 5.74) is 4.14. The molecule has 1 heterocycles. The molecule has 3 N–H and O–H groups in total. The number of rotatable bonds is 5. The Hall–Kier alpha value is -5.05. The van der Waals surface area contributed by atoms with Gasteiger partial charge in [-0.05, 0) is 48.9 Å². The van der Waals surface area contributed by atoms with E-state index < -0.39 is 17.7 Å². The van der Waals surface area contributed by atoms with Gasteiger partial charge in [-0.25, -0.2) is 5.43 Å². The number of benzene rings is 3. The van der Waals surface area contributed by atoms with E-state index >= 15 is 0 Å². The first-order chi connectivity index (χ1) is 16.9. The van der Waals surface area contributed by atoms with Crippen LogP contribution < -0.4 is 21.5 Å². The van der Waals surface area contributed by atoms with Gasteiger partial charge in [-0.1, -0.05) is 36.4 Å². The Morgan fingerprint density at radius 2 is 1.66 bits per heavy atom. The van der Waals surface area contributed by atoms with E-state index in [2.05, 4.69) is 21.2 Å². The number of fused-ring (bicyclic) bond motifs is 1. The number of nitrogens with zero attached hydrogens (tertiary/aromatic N) is 1. The monoisotopic (exact) mass is 468 g/mol. The Morgan fingerprint density at radius 1 is 0.886 bits per heavy atom. The molecule has 0 unspecified atom stereocenters. The lowest BCUT2D eigenvalue weighted by Gasteiger charge is -2.11. The minimum Gasteiger partial charge on any atom is -0.463 e. The van der Waals surface area contributed by atoms with Crippen LogP contribution in [0.2, 0.25) is 0 Å². The predicted molar refractivity (Wildman–Crippen MR) is 132 cm³/mol. The van der Waals surface area contributed by atoms with Gasteiger partial charge in [0, 0.05) is 5.69 Å². The molecule has 9 nitrogen and oxygen atoms in total. The smallest absolute Gasteiger partial charge is 0.329 e. The minimum absolute atomic E-state index is 0.0996. The third-order valence-electron chi connectivity index (χ3n) is 4.98. The predicted octanol–water partition coefficient (Wildman–Crippen LogP) is 3.44. The number of hydrogen-bond acceptors (Lipinski definition) is 6. The number of carbonyl (C=O) groups excluding carboxylic acids is 3.